The highest BCUT2D eigenvalue weighted by Gasteiger charge is 2.22. The van der Waals surface area contributed by atoms with Crippen molar-refractivity contribution in [2.24, 2.45) is 4.99 Å². The van der Waals surface area contributed by atoms with Gasteiger partial charge in [0.15, 0.2) is 5.96 Å². The number of likely N-dealkylation sites (N-methyl/N-ethyl adjacent to an activating group) is 1. The van der Waals surface area contributed by atoms with Gasteiger partial charge < -0.3 is 15.5 Å². The summed E-state index contributed by atoms with van der Waals surface area (Å²) < 4.78 is 28.3. The summed E-state index contributed by atoms with van der Waals surface area (Å²) in [6, 6.07) is 7.07. The Morgan fingerprint density at radius 2 is 1.86 bits per heavy atom. The summed E-state index contributed by atoms with van der Waals surface area (Å²) >= 11 is 5.77. The number of rotatable bonds is 7. The number of benzene rings is 1. The van der Waals surface area contributed by atoms with Gasteiger partial charge >= 0.3 is 0 Å². The molecule has 0 aliphatic carbocycles. The van der Waals surface area contributed by atoms with Crippen LogP contribution in [0.1, 0.15) is 17.2 Å². The van der Waals surface area contributed by atoms with Crippen molar-refractivity contribution < 1.29 is 8.78 Å². The highest BCUT2D eigenvalue weighted by molar-refractivity contribution is 14.0. The van der Waals surface area contributed by atoms with Crippen LogP contribution in [0.3, 0.4) is 0 Å². The van der Waals surface area contributed by atoms with Crippen LogP contribution < -0.4 is 10.6 Å². The van der Waals surface area contributed by atoms with Crippen LogP contribution in [0, 0.1) is 11.6 Å². The lowest BCUT2D eigenvalue weighted by Gasteiger charge is -2.26. The molecule has 9 heteroatoms. The lowest BCUT2D eigenvalue weighted by atomic mass is 10.0. The second-order valence-corrected chi connectivity index (χ2v) is 6.62. The van der Waals surface area contributed by atoms with E-state index in [2.05, 4.69) is 20.6 Å². The Labute approximate surface area is 186 Å². The molecular weight excluding hydrogens is 499 g/mol. The lowest BCUT2D eigenvalue weighted by molar-refractivity contribution is 0.282. The molecule has 154 valence electrons. The number of pyridine rings is 1. The average Bonchev–Trinajstić information content (AvgIpc) is 2.63. The summed E-state index contributed by atoms with van der Waals surface area (Å²) in [7, 11) is 5.21. The van der Waals surface area contributed by atoms with E-state index in [1.807, 2.05) is 6.07 Å². The van der Waals surface area contributed by atoms with Crippen LogP contribution in [-0.4, -0.2) is 50.1 Å². The maximum atomic E-state index is 14.1. The number of guanidine groups is 1. The first kappa shape index (κ1) is 24.5. The molecule has 0 amide bonds. The van der Waals surface area contributed by atoms with E-state index in [4.69, 9.17) is 11.6 Å². The van der Waals surface area contributed by atoms with Crippen LogP contribution in [0.4, 0.5) is 8.78 Å². The monoisotopic (exact) mass is 523 g/mol. The first-order chi connectivity index (χ1) is 12.9. The van der Waals surface area contributed by atoms with E-state index in [1.54, 1.807) is 38.3 Å². The second kappa shape index (κ2) is 12.1. The number of hydrogen-bond acceptors (Lipinski definition) is 3. The minimum absolute atomic E-state index is 0. The molecule has 0 aliphatic rings. The topological polar surface area (TPSA) is 52.6 Å². The maximum absolute atomic E-state index is 14.1. The molecular formula is C19H25ClF2IN5. The maximum Gasteiger partial charge on any atom is 0.191 e. The van der Waals surface area contributed by atoms with Crippen molar-refractivity contribution in [2.45, 2.75) is 12.5 Å². The Balaban J connectivity index is 0.00000392. The van der Waals surface area contributed by atoms with Crippen molar-refractivity contribution in [2.75, 3.05) is 34.2 Å². The molecule has 0 bridgehead atoms. The van der Waals surface area contributed by atoms with Gasteiger partial charge in [0.2, 0.25) is 0 Å². The summed E-state index contributed by atoms with van der Waals surface area (Å²) in [5, 5.41) is 6.76. The van der Waals surface area contributed by atoms with Crippen LogP contribution in [0.2, 0.25) is 5.15 Å². The summed E-state index contributed by atoms with van der Waals surface area (Å²) in [6.07, 6.45) is 2.47. The van der Waals surface area contributed by atoms with Crippen LogP contribution in [0.15, 0.2) is 41.5 Å². The standard InChI is InChI=1S/C19H24ClF2N5.HI/c1-23-19(24-10-9-13-7-8-17(20)25-11-13)26-12-16(27(2)3)18-14(21)5-4-6-15(18)22;/h4-8,11,16H,9-10,12H2,1-3H3,(H2,23,24,26);1H. The normalized spacial score (nSPS) is 12.5. The number of hydrogen-bond donors (Lipinski definition) is 2. The molecule has 0 saturated heterocycles. The van der Waals surface area contributed by atoms with Gasteiger partial charge in [-0.05, 0) is 44.3 Å². The third-order valence-corrected chi connectivity index (χ3v) is 4.36. The highest BCUT2D eigenvalue weighted by Crippen LogP contribution is 2.23. The molecule has 2 aromatic rings. The van der Waals surface area contributed by atoms with E-state index in [0.29, 0.717) is 24.2 Å². The van der Waals surface area contributed by atoms with E-state index in [1.165, 1.54) is 18.2 Å². The number of aliphatic imine (C=N–C) groups is 1. The van der Waals surface area contributed by atoms with Gasteiger partial charge in [0.1, 0.15) is 16.8 Å². The van der Waals surface area contributed by atoms with Gasteiger partial charge in [-0.15, -0.1) is 24.0 Å². The van der Waals surface area contributed by atoms with Crippen molar-refractivity contribution >= 4 is 41.5 Å². The summed E-state index contributed by atoms with van der Waals surface area (Å²) in [6.45, 7) is 0.927. The molecule has 0 saturated carbocycles. The van der Waals surface area contributed by atoms with Crippen molar-refractivity contribution in [1.82, 2.24) is 20.5 Å². The number of halogens is 4. The average molecular weight is 524 g/mol. The Bertz CT molecular complexity index is 751. The third kappa shape index (κ3) is 7.14. The van der Waals surface area contributed by atoms with E-state index < -0.39 is 17.7 Å². The molecule has 0 radical (unpaired) electrons. The SMILES string of the molecule is CN=C(NCCc1ccc(Cl)nc1)NCC(c1c(F)cccc1F)N(C)C.I. The molecule has 0 fully saturated rings. The molecule has 0 aliphatic heterocycles. The van der Waals surface area contributed by atoms with Gasteiger partial charge in [0.25, 0.3) is 0 Å². The van der Waals surface area contributed by atoms with Gasteiger partial charge in [-0.3, -0.25) is 4.99 Å². The molecule has 28 heavy (non-hydrogen) atoms. The number of aromatic nitrogens is 1. The minimum Gasteiger partial charge on any atom is -0.356 e. The molecule has 1 unspecified atom stereocenters. The predicted octanol–water partition coefficient (Wildman–Crippen LogP) is 3.64. The number of nitrogens with one attached hydrogen (secondary N) is 2. The summed E-state index contributed by atoms with van der Waals surface area (Å²) in [4.78, 5) is 9.96. The van der Waals surface area contributed by atoms with Crippen molar-refractivity contribution in [1.29, 1.82) is 0 Å². The molecule has 5 nitrogen and oxygen atoms in total. The first-order valence-corrected chi connectivity index (χ1v) is 8.95. The first-order valence-electron chi connectivity index (χ1n) is 8.57. The zero-order valence-corrected chi connectivity index (χ0v) is 19.1. The fourth-order valence-electron chi connectivity index (χ4n) is 2.67. The van der Waals surface area contributed by atoms with Crippen LogP contribution in [0.5, 0.6) is 0 Å². The van der Waals surface area contributed by atoms with Crippen LogP contribution in [0.25, 0.3) is 0 Å². The Kier molecular flexibility index (Phi) is 10.6. The quantitative estimate of drug-likeness (QED) is 0.252. The molecule has 2 rings (SSSR count). The molecule has 1 aromatic carbocycles. The van der Waals surface area contributed by atoms with Crippen molar-refractivity contribution in [3.63, 3.8) is 0 Å². The van der Waals surface area contributed by atoms with Crippen molar-refractivity contribution in [3.8, 4) is 0 Å². The smallest absolute Gasteiger partial charge is 0.191 e. The lowest BCUT2D eigenvalue weighted by Crippen LogP contribution is -2.42. The molecule has 2 N–H and O–H groups in total. The fourth-order valence-corrected chi connectivity index (χ4v) is 2.78. The molecule has 1 aromatic heterocycles. The van der Waals surface area contributed by atoms with Crippen LogP contribution in [-0.2, 0) is 6.42 Å². The Morgan fingerprint density at radius 3 is 2.39 bits per heavy atom. The number of nitrogens with zero attached hydrogens (tertiary/aromatic N) is 3. The van der Waals surface area contributed by atoms with Crippen LogP contribution >= 0.6 is 35.6 Å². The van der Waals surface area contributed by atoms with Gasteiger partial charge in [-0.1, -0.05) is 23.7 Å². The van der Waals surface area contributed by atoms with E-state index in [-0.39, 0.29) is 29.5 Å². The highest BCUT2D eigenvalue weighted by atomic mass is 127. The minimum atomic E-state index is -0.561. The Hall–Kier alpha value is -1.52. The van der Waals surface area contributed by atoms with E-state index in [0.717, 1.165) is 12.0 Å². The summed E-state index contributed by atoms with van der Waals surface area (Å²) in [5.74, 6) is -0.567. The predicted molar refractivity (Wildman–Crippen MR) is 121 cm³/mol. The Morgan fingerprint density at radius 1 is 1.18 bits per heavy atom. The fraction of sp³-hybridized carbons (Fsp3) is 0.368. The zero-order valence-electron chi connectivity index (χ0n) is 16.0. The van der Waals surface area contributed by atoms with E-state index >= 15 is 0 Å². The van der Waals surface area contributed by atoms with Gasteiger partial charge in [0.05, 0.1) is 6.04 Å². The molecule has 0 spiro atoms. The molecule has 1 heterocycles. The van der Waals surface area contributed by atoms with Gasteiger partial charge in [-0.25, -0.2) is 13.8 Å². The van der Waals surface area contributed by atoms with Gasteiger partial charge in [-0.2, -0.15) is 0 Å². The third-order valence-electron chi connectivity index (χ3n) is 4.14. The van der Waals surface area contributed by atoms with Gasteiger partial charge in [0, 0.05) is 31.9 Å². The largest absolute Gasteiger partial charge is 0.356 e. The zero-order chi connectivity index (χ0) is 19.8. The molecule has 1 atom stereocenters. The second-order valence-electron chi connectivity index (χ2n) is 6.23. The summed E-state index contributed by atoms with van der Waals surface area (Å²) in [5.41, 5.74) is 1.08. The van der Waals surface area contributed by atoms with Crippen molar-refractivity contribution in [3.05, 3.63) is 64.4 Å². The van der Waals surface area contributed by atoms with E-state index in [9.17, 15) is 8.78 Å².